The van der Waals surface area contributed by atoms with Crippen LogP contribution in [0.2, 0.25) is 0 Å². The van der Waals surface area contributed by atoms with Crippen molar-refractivity contribution in [2.75, 3.05) is 72.7 Å². The maximum absolute atomic E-state index is 14.2. The molecule has 3 fully saturated rings. The van der Waals surface area contributed by atoms with Crippen LogP contribution in [-0.2, 0) is 23.9 Å². The number of nitrogens with zero attached hydrogens (tertiary/aromatic N) is 4. The first-order valence-corrected chi connectivity index (χ1v) is 13.8. The average molecular weight is 517 g/mol. The van der Waals surface area contributed by atoms with Gasteiger partial charge < -0.3 is 29.3 Å². The molecular weight excluding hydrogens is 476 g/mol. The molecule has 0 aromatic rings. The van der Waals surface area contributed by atoms with Gasteiger partial charge in [-0.05, 0) is 12.8 Å². The maximum Gasteiger partial charge on any atom is 0.249 e. The van der Waals surface area contributed by atoms with Gasteiger partial charge in [0.15, 0.2) is 0 Å². The Balaban J connectivity index is 1.42. The van der Waals surface area contributed by atoms with Crippen LogP contribution in [0.25, 0.3) is 0 Å². The summed E-state index contributed by atoms with van der Waals surface area (Å²) in [6.45, 7) is 5.93. The highest BCUT2D eigenvalue weighted by atomic mass is 16.5. The third kappa shape index (κ3) is 4.84. The van der Waals surface area contributed by atoms with E-state index in [0.717, 1.165) is 45.3 Å². The lowest BCUT2D eigenvalue weighted by atomic mass is 9.77. The number of carbonyl (C=O) groups excluding carboxylic acids is 3. The molecule has 3 saturated heterocycles. The van der Waals surface area contributed by atoms with Gasteiger partial charge in [-0.3, -0.25) is 19.3 Å². The number of aliphatic hydroxyl groups is 1. The van der Waals surface area contributed by atoms with E-state index in [-0.39, 0.29) is 24.3 Å². The summed E-state index contributed by atoms with van der Waals surface area (Å²) in [6.07, 6.45) is 10.3. The lowest BCUT2D eigenvalue weighted by Crippen LogP contribution is -2.56. The van der Waals surface area contributed by atoms with Crippen molar-refractivity contribution in [3.63, 3.8) is 0 Å². The van der Waals surface area contributed by atoms with Gasteiger partial charge in [0.2, 0.25) is 17.7 Å². The zero-order chi connectivity index (χ0) is 26.0. The van der Waals surface area contributed by atoms with E-state index in [1.54, 1.807) is 16.8 Å². The zero-order valence-corrected chi connectivity index (χ0v) is 21.8. The van der Waals surface area contributed by atoms with Crippen molar-refractivity contribution in [1.29, 1.82) is 0 Å². The second-order valence-corrected chi connectivity index (χ2v) is 10.8. The highest BCUT2D eigenvalue weighted by Gasteiger charge is 2.71. The summed E-state index contributed by atoms with van der Waals surface area (Å²) in [5.41, 5.74) is -1.15. The lowest BCUT2D eigenvalue weighted by molar-refractivity contribution is -0.148. The highest BCUT2D eigenvalue weighted by Crippen LogP contribution is 2.53. The predicted octanol–water partition coefficient (Wildman–Crippen LogP) is -0.121. The Bertz CT molecular complexity index is 934. The Labute approximate surface area is 218 Å². The number of rotatable bonds is 9. The molecule has 0 aliphatic carbocycles. The van der Waals surface area contributed by atoms with Crippen molar-refractivity contribution in [2.24, 2.45) is 11.8 Å². The van der Waals surface area contributed by atoms with Gasteiger partial charge in [0.1, 0.15) is 11.6 Å². The molecule has 1 N–H and O–H groups in total. The van der Waals surface area contributed by atoms with Crippen LogP contribution in [0.3, 0.4) is 0 Å². The molecule has 10 nitrogen and oxygen atoms in total. The molecule has 0 bridgehead atoms. The second kappa shape index (κ2) is 11.2. The van der Waals surface area contributed by atoms with Crippen LogP contribution in [0, 0.1) is 11.8 Å². The molecule has 10 heteroatoms. The minimum absolute atomic E-state index is 0.106. The van der Waals surface area contributed by atoms with Gasteiger partial charge in [-0.2, -0.15) is 0 Å². The van der Waals surface area contributed by atoms with E-state index in [1.165, 1.54) is 0 Å². The van der Waals surface area contributed by atoms with Crippen LogP contribution >= 0.6 is 0 Å². The fourth-order valence-corrected chi connectivity index (χ4v) is 6.59. The third-order valence-electron chi connectivity index (χ3n) is 8.54. The molecule has 0 aromatic carbocycles. The molecule has 5 atom stereocenters. The van der Waals surface area contributed by atoms with E-state index >= 15 is 0 Å². The summed E-state index contributed by atoms with van der Waals surface area (Å²) in [5.74, 6) is -1.74. The number of likely N-dealkylation sites (N-methyl/N-ethyl adjacent to an activating group) is 1. The van der Waals surface area contributed by atoms with Crippen LogP contribution in [-0.4, -0.2) is 133 Å². The summed E-state index contributed by atoms with van der Waals surface area (Å²) in [7, 11) is 1.75. The van der Waals surface area contributed by atoms with Crippen molar-refractivity contribution in [1.82, 2.24) is 19.6 Å². The predicted molar refractivity (Wildman–Crippen MR) is 135 cm³/mol. The number of amides is 3. The van der Waals surface area contributed by atoms with Gasteiger partial charge in [-0.1, -0.05) is 37.1 Å². The lowest BCUT2D eigenvalue weighted by Gasteiger charge is -2.36. The van der Waals surface area contributed by atoms with Crippen LogP contribution in [0.15, 0.2) is 24.3 Å². The maximum atomic E-state index is 14.2. The van der Waals surface area contributed by atoms with Gasteiger partial charge >= 0.3 is 0 Å². The smallest absolute Gasteiger partial charge is 0.249 e. The number of hydrogen-bond donors (Lipinski definition) is 1. The molecule has 204 valence electrons. The van der Waals surface area contributed by atoms with Gasteiger partial charge in [-0.25, -0.2) is 0 Å². The van der Waals surface area contributed by atoms with Gasteiger partial charge in [0.25, 0.3) is 0 Å². The second-order valence-electron chi connectivity index (χ2n) is 10.8. The van der Waals surface area contributed by atoms with Crippen molar-refractivity contribution < 1.29 is 29.0 Å². The molecule has 3 amide bonds. The summed E-state index contributed by atoms with van der Waals surface area (Å²) < 4.78 is 12.1. The third-order valence-corrected chi connectivity index (χ3v) is 8.54. The molecule has 5 aliphatic heterocycles. The van der Waals surface area contributed by atoms with Crippen LogP contribution in [0.4, 0.5) is 0 Å². The number of unbranched alkanes of at least 4 members (excludes halogenated alkanes) is 3. The number of hydrogen-bond acceptors (Lipinski definition) is 7. The zero-order valence-electron chi connectivity index (χ0n) is 21.8. The number of morpholine rings is 1. The van der Waals surface area contributed by atoms with E-state index in [9.17, 15) is 14.4 Å². The van der Waals surface area contributed by atoms with Crippen LogP contribution in [0.1, 0.15) is 25.7 Å². The number of fused-ring (bicyclic) bond motifs is 2. The molecule has 37 heavy (non-hydrogen) atoms. The molecule has 1 spiro atoms. The molecular formula is C27H40N4O6. The van der Waals surface area contributed by atoms with E-state index in [0.29, 0.717) is 39.4 Å². The molecule has 5 heterocycles. The van der Waals surface area contributed by atoms with E-state index in [1.807, 2.05) is 29.2 Å². The quantitative estimate of drug-likeness (QED) is 0.337. The topological polar surface area (TPSA) is 103 Å². The Morgan fingerprint density at radius 2 is 1.73 bits per heavy atom. The Morgan fingerprint density at radius 1 is 0.946 bits per heavy atom. The van der Waals surface area contributed by atoms with Crippen molar-refractivity contribution in [2.45, 2.75) is 43.4 Å². The summed E-state index contributed by atoms with van der Waals surface area (Å²) in [4.78, 5) is 49.1. The normalized spacial score (nSPS) is 34.0. The fraction of sp³-hybridized carbons (Fsp3) is 0.741. The molecule has 0 radical (unpaired) electrons. The van der Waals surface area contributed by atoms with Crippen molar-refractivity contribution in [3.8, 4) is 0 Å². The summed E-state index contributed by atoms with van der Waals surface area (Å²) in [5, 5.41) is 9.11. The highest BCUT2D eigenvalue weighted by molar-refractivity contribution is 5.99. The monoisotopic (exact) mass is 516 g/mol. The molecule has 5 aliphatic rings. The Kier molecular flexibility index (Phi) is 7.99. The molecule has 0 aromatic heterocycles. The number of ether oxygens (including phenoxy) is 2. The Morgan fingerprint density at radius 3 is 2.51 bits per heavy atom. The van der Waals surface area contributed by atoms with Gasteiger partial charge in [0, 0.05) is 59.5 Å². The van der Waals surface area contributed by atoms with Crippen LogP contribution < -0.4 is 0 Å². The minimum atomic E-state index is -1.15. The summed E-state index contributed by atoms with van der Waals surface area (Å²) >= 11 is 0. The first kappa shape index (κ1) is 26.3. The largest absolute Gasteiger partial charge is 0.396 e. The summed E-state index contributed by atoms with van der Waals surface area (Å²) in [6, 6.07) is -0.787. The van der Waals surface area contributed by atoms with Crippen LogP contribution in [0.5, 0.6) is 0 Å². The minimum Gasteiger partial charge on any atom is -0.396 e. The van der Waals surface area contributed by atoms with E-state index in [2.05, 4.69) is 4.90 Å². The van der Waals surface area contributed by atoms with Gasteiger partial charge in [-0.15, -0.1) is 0 Å². The Hall–Kier alpha value is -2.27. The first-order valence-electron chi connectivity index (χ1n) is 13.8. The van der Waals surface area contributed by atoms with Crippen molar-refractivity contribution >= 4 is 17.7 Å². The average Bonchev–Trinajstić information content (AvgIpc) is 3.22. The number of aliphatic hydroxyl groups excluding tert-OH is 1. The molecule has 5 rings (SSSR count). The van der Waals surface area contributed by atoms with E-state index in [4.69, 9.17) is 14.6 Å². The van der Waals surface area contributed by atoms with E-state index < -0.39 is 29.6 Å². The fourth-order valence-electron chi connectivity index (χ4n) is 6.59. The van der Waals surface area contributed by atoms with Gasteiger partial charge in [0.05, 0.1) is 31.2 Å². The van der Waals surface area contributed by atoms with Crippen molar-refractivity contribution in [3.05, 3.63) is 24.3 Å². The number of carbonyl (C=O) groups is 3. The SMILES string of the molecule is CN1CC=C[C@@H]2O[C@]34C=CCN(CCN5CCOCC5)C(=O)C3N(CCCCCCO)C(=O)[C@@H]4[C@@H]2C1=O. The first-order chi connectivity index (χ1) is 18.0. The molecule has 1 unspecified atom stereocenters. The standard InChI is InChI=1S/C27H40N4O6/c1-28-10-6-8-20-21(24(28)33)22-25(34)31(12-4-2-3-5-17-32)23-26(35)30(11-7-9-27(22,23)37-20)14-13-29-15-18-36-19-16-29/h6-9,20-23,32H,2-5,10-19H2,1H3/t20-,21+,22-,23?,27-/m0/s1. The molecule has 0 saturated carbocycles. The number of likely N-dealkylation sites (tertiary alicyclic amines) is 1.